The third-order valence-electron chi connectivity index (χ3n) is 2.30. The molecule has 4 nitrogen and oxygen atoms in total. The normalized spacial score (nSPS) is 12.6. The Labute approximate surface area is 113 Å². The van der Waals surface area contributed by atoms with E-state index in [0.29, 0.717) is 26.2 Å². The van der Waals surface area contributed by atoms with Gasteiger partial charge in [0.05, 0.1) is 24.0 Å². The summed E-state index contributed by atoms with van der Waals surface area (Å²) in [6.07, 6.45) is 0.444. The lowest BCUT2D eigenvalue weighted by molar-refractivity contribution is 0.0713. The maximum absolute atomic E-state index is 13.5. The highest BCUT2D eigenvalue weighted by atomic mass is 32.2. The van der Waals surface area contributed by atoms with E-state index in [0.717, 1.165) is 12.1 Å². The number of nitrogens with two attached hydrogens (primary N) is 1. The molecule has 1 aromatic rings. The van der Waals surface area contributed by atoms with Gasteiger partial charge in [0.15, 0.2) is 0 Å². The van der Waals surface area contributed by atoms with E-state index in [1.54, 1.807) is 7.11 Å². The largest absolute Gasteiger partial charge is 0.399 e. The molecule has 0 saturated carbocycles. The number of hydrogen-bond acceptors (Lipinski definition) is 4. The molecule has 19 heavy (non-hydrogen) atoms. The minimum absolute atomic E-state index is 0.0290. The Bertz CT molecular complexity index is 420. The third kappa shape index (κ3) is 5.22. The summed E-state index contributed by atoms with van der Waals surface area (Å²) >= 11 is 0. The smallest absolute Gasteiger partial charge is 0.144 e. The molecule has 0 aliphatic carbocycles. The molecule has 1 aromatic carbocycles. The second-order valence-electron chi connectivity index (χ2n) is 3.82. The summed E-state index contributed by atoms with van der Waals surface area (Å²) in [5.41, 5.74) is 5.26. The molecule has 7 heteroatoms. The Balaban J connectivity index is 2.46. The standard InChI is InChI=1S/C12H17F2NO3S/c1-17-4-5-18-3-2-6-19(16)12-10(13)7-9(15)8-11(12)14/h7-8H,2-6,15H2,1H3. The van der Waals surface area contributed by atoms with Crippen molar-refractivity contribution in [2.45, 2.75) is 11.3 Å². The van der Waals surface area contributed by atoms with Gasteiger partial charge in [-0.3, -0.25) is 4.21 Å². The van der Waals surface area contributed by atoms with Crippen molar-refractivity contribution < 1.29 is 22.5 Å². The molecular weight excluding hydrogens is 276 g/mol. The van der Waals surface area contributed by atoms with Crippen LogP contribution >= 0.6 is 0 Å². The molecule has 2 N–H and O–H groups in total. The monoisotopic (exact) mass is 293 g/mol. The molecule has 0 aliphatic rings. The number of anilines is 1. The minimum Gasteiger partial charge on any atom is -0.399 e. The van der Waals surface area contributed by atoms with Gasteiger partial charge in [0, 0.05) is 25.2 Å². The average molecular weight is 293 g/mol. The summed E-state index contributed by atoms with van der Waals surface area (Å²) in [4.78, 5) is -0.425. The van der Waals surface area contributed by atoms with E-state index in [1.165, 1.54) is 0 Å². The average Bonchev–Trinajstić information content (AvgIpc) is 2.32. The quantitative estimate of drug-likeness (QED) is 0.585. The lowest BCUT2D eigenvalue weighted by Crippen LogP contribution is -2.09. The summed E-state index contributed by atoms with van der Waals surface area (Å²) in [6.45, 7) is 1.28. The van der Waals surface area contributed by atoms with Crippen molar-refractivity contribution in [2.75, 3.05) is 38.4 Å². The van der Waals surface area contributed by atoms with Crippen molar-refractivity contribution >= 4 is 16.5 Å². The molecule has 0 aromatic heterocycles. The van der Waals surface area contributed by atoms with Gasteiger partial charge in [-0.1, -0.05) is 0 Å². The van der Waals surface area contributed by atoms with Crippen LogP contribution < -0.4 is 5.73 Å². The molecule has 1 rings (SSSR count). The maximum Gasteiger partial charge on any atom is 0.144 e. The van der Waals surface area contributed by atoms with Crippen molar-refractivity contribution in [3.63, 3.8) is 0 Å². The van der Waals surface area contributed by atoms with Crippen molar-refractivity contribution in [3.05, 3.63) is 23.8 Å². The Morgan fingerprint density at radius 1 is 1.21 bits per heavy atom. The van der Waals surface area contributed by atoms with Gasteiger partial charge < -0.3 is 15.2 Å². The lowest BCUT2D eigenvalue weighted by atomic mass is 10.3. The second kappa shape index (κ2) is 8.19. The van der Waals surface area contributed by atoms with Gasteiger partial charge >= 0.3 is 0 Å². The fourth-order valence-electron chi connectivity index (χ4n) is 1.44. The van der Waals surface area contributed by atoms with Crippen LogP contribution in [-0.2, 0) is 20.3 Å². The van der Waals surface area contributed by atoms with Gasteiger partial charge in [0.1, 0.15) is 16.5 Å². The van der Waals surface area contributed by atoms with Crippen molar-refractivity contribution in [1.29, 1.82) is 0 Å². The number of nitrogen functional groups attached to an aromatic ring is 1. The highest BCUT2D eigenvalue weighted by molar-refractivity contribution is 7.85. The van der Waals surface area contributed by atoms with Crippen LogP contribution in [0.2, 0.25) is 0 Å². The molecule has 1 unspecified atom stereocenters. The summed E-state index contributed by atoms with van der Waals surface area (Å²) in [6, 6.07) is 1.93. The first-order chi connectivity index (χ1) is 9.06. The highest BCUT2D eigenvalue weighted by Crippen LogP contribution is 2.20. The molecule has 0 saturated heterocycles. The van der Waals surface area contributed by atoms with Crippen LogP contribution in [0.1, 0.15) is 6.42 Å². The SMILES string of the molecule is COCCOCCCS(=O)c1c(F)cc(N)cc1F. The molecule has 0 aliphatic heterocycles. The van der Waals surface area contributed by atoms with E-state index in [1.807, 2.05) is 0 Å². The van der Waals surface area contributed by atoms with Crippen molar-refractivity contribution in [3.8, 4) is 0 Å². The highest BCUT2D eigenvalue weighted by Gasteiger charge is 2.16. The van der Waals surface area contributed by atoms with Crippen LogP contribution in [0.3, 0.4) is 0 Å². The zero-order chi connectivity index (χ0) is 14.3. The Hall–Kier alpha value is -1.05. The number of hydrogen-bond donors (Lipinski definition) is 1. The summed E-state index contributed by atoms with van der Waals surface area (Å²) in [5.74, 6) is -1.63. The summed E-state index contributed by atoms with van der Waals surface area (Å²) in [5, 5.41) is 0. The van der Waals surface area contributed by atoms with E-state index in [4.69, 9.17) is 15.2 Å². The molecule has 0 radical (unpaired) electrons. The van der Waals surface area contributed by atoms with Gasteiger partial charge in [-0.15, -0.1) is 0 Å². The molecule has 0 heterocycles. The van der Waals surface area contributed by atoms with Crippen LogP contribution in [0.4, 0.5) is 14.5 Å². The van der Waals surface area contributed by atoms with Crippen LogP contribution in [0.5, 0.6) is 0 Å². The van der Waals surface area contributed by atoms with E-state index in [9.17, 15) is 13.0 Å². The van der Waals surface area contributed by atoms with E-state index in [-0.39, 0.29) is 11.4 Å². The number of benzene rings is 1. The zero-order valence-corrected chi connectivity index (χ0v) is 11.5. The molecule has 0 fully saturated rings. The molecule has 0 spiro atoms. The van der Waals surface area contributed by atoms with Crippen LogP contribution in [0.15, 0.2) is 17.0 Å². The predicted molar refractivity (Wildman–Crippen MR) is 69.4 cm³/mol. The van der Waals surface area contributed by atoms with Gasteiger partial charge in [0.2, 0.25) is 0 Å². The molecule has 0 amide bonds. The number of methoxy groups -OCH3 is 1. The second-order valence-corrected chi connectivity index (χ2v) is 5.33. The number of rotatable bonds is 8. The van der Waals surface area contributed by atoms with Gasteiger partial charge in [0.25, 0.3) is 0 Å². The van der Waals surface area contributed by atoms with Crippen LogP contribution in [0, 0.1) is 11.6 Å². The molecule has 1 atom stereocenters. The van der Waals surface area contributed by atoms with E-state index in [2.05, 4.69) is 0 Å². The fraction of sp³-hybridized carbons (Fsp3) is 0.500. The first-order valence-electron chi connectivity index (χ1n) is 5.76. The first-order valence-corrected chi connectivity index (χ1v) is 7.07. The first kappa shape index (κ1) is 16.0. The third-order valence-corrected chi connectivity index (χ3v) is 3.80. The molecule has 0 bridgehead atoms. The Morgan fingerprint density at radius 2 is 1.84 bits per heavy atom. The fourth-order valence-corrected chi connectivity index (χ4v) is 2.57. The van der Waals surface area contributed by atoms with E-state index < -0.39 is 27.3 Å². The van der Waals surface area contributed by atoms with Gasteiger partial charge in [-0.25, -0.2) is 8.78 Å². The zero-order valence-electron chi connectivity index (χ0n) is 10.7. The maximum atomic E-state index is 13.5. The summed E-state index contributed by atoms with van der Waals surface area (Å²) in [7, 11) is -0.178. The van der Waals surface area contributed by atoms with E-state index >= 15 is 0 Å². The lowest BCUT2D eigenvalue weighted by Gasteiger charge is -2.07. The van der Waals surface area contributed by atoms with Crippen molar-refractivity contribution in [2.24, 2.45) is 0 Å². The van der Waals surface area contributed by atoms with Crippen molar-refractivity contribution in [1.82, 2.24) is 0 Å². The summed E-state index contributed by atoms with van der Waals surface area (Å²) < 4.78 is 48.7. The predicted octanol–water partition coefficient (Wildman–Crippen LogP) is 1.71. The van der Waals surface area contributed by atoms with Crippen LogP contribution in [0.25, 0.3) is 0 Å². The number of ether oxygens (including phenoxy) is 2. The van der Waals surface area contributed by atoms with Gasteiger partial charge in [-0.05, 0) is 18.6 Å². The molecule has 108 valence electrons. The topological polar surface area (TPSA) is 61.5 Å². The Kier molecular flexibility index (Phi) is 6.90. The molecular formula is C12H17F2NO3S. The number of halogens is 2. The van der Waals surface area contributed by atoms with Gasteiger partial charge in [-0.2, -0.15) is 0 Å². The minimum atomic E-state index is -1.74. The van der Waals surface area contributed by atoms with Crippen LogP contribution in [-0.4, -0.2) is 36.9 Å². The Morgan fingerprint density at radius 3 is 2.42 bits per heavy atom.